The first-order valence-electron chi connectivity index (χ1n) is 10.2. The lowest BCUT2D eigenvalue weighted by atomic mass is 10.1. The number of thiazole rings is 1. The predicted octanol–water partition coefficient (Wildman–Crippen LogP) is 3.95. The van der Waals surface area contributed by atoms with Gasteiger partial charge >= 0.3 is 0 Å². The lowest BCUT2D eigenvalue weighted by Gasteiger charge is -2.06. The quantitative estimate of drug-likeness (QED) is 0.392. The van der Waals surface area contributed by atoms with Crippen LogP contribution < -0.4 is 10.6 Å². The van der Waals surface area contributed by atoms with E-state index in [0.717, 1.165) is 16.8 Å². The molecule has 0 spiro atoms. The molecule has 4 aromatic rings. The molecule has 0 atom stereocenters. The molecule has 2 aromatic heterocycles. The van der Waals surface area contributed by atoms with Gasteiger partial charge < -0.3 is 15.2 Å². The molecule has 0 saturated carbocycles. The molecule has 2 aromatic carbocycles. The van der Waals surface area contributed by atoms with Crippen LogP contribution in [0, 0.1) is 11.7 Å². The number of hydrogen-bond acceptors (Lipinski definition) is 6. The summed E-state index contributed by atoms with van der Waals surface area (Å²) in [7, 11) is 1.76. The molecule has 0 unspecified atom stereocenters. The number of aryl methyl sites for hydroxylation is 1. The Bertz CT molecular complexity index is 1360. The monoisotopic (exact) mass is 478 g/mol. The molecule has 8 nitrogen and oxygen atoms in total. The Balaban J connectivity index is 1.39. The molecule has 4 rings (SSSR count). The van der Waals surface area contributed by atoms with Crippen LogP contribution in [0.15, 0.2) is 60.0 Å². The van der Waals surface area contributed by atoms with Crippen LogP contribution in [0.4, 0.5) is 5.13 Å². The molecule has 0 saturated heterocycles. The first kappa shape index (κ1) is 22.6. The molecule has 0 aliphatic rings. The van der Waals surface area contributed by atoms with Gasteiger partial charge in [-0.3, -0.25) is 9.59 Å². The van der Waals surface area contributed by atoms with E-state index in [2.05, 4.69) is 20.7 Å². The molecule has 168 valence electrons. The summed E-state index contributed by atoms with van der Waals surface area (Å²) in [5.74, 6) is 0.0771. The molecule has 33 heavy (non-hydrogen) atoms. The Morgan fingerprint density at radius 3 is 2.58 bits per heavy atom. The number of carbonyl (C=O) groups excluding carboxylic acids is 2. The van der Waals surface area contributed by atoms with E-state index in [1.54, 1.807) is 17.7 Å². The van der Waals surface area contributed by atoms with Crippen LogP contribution in [-0.2, 0) is 24.9 Å². The molecule has 0 radical (unpaired) electrons. The van der Waals surface area contributed by atoms with Gasteiger partial charge in [0.05, 0.1) is 12.2 Å². The smallest absolute Gasteiger partial charge is 0.251 e. The van der Waals surface area contributed by atoms with Crippen molar-refractivity contribution in [3.8, 4) is 11.3 Å². The van der Waals surface area contributed by atoms with E-state index in [1.807, 2.05) is 60.8 Å². The Hall–Kier alpha value is -3.63. The number of amides is 2. The van der Waals surface area contributed by atoms with E-state index in [1.165, 1.54) is 16.0 Å². The molecule has 2 heterocycles. The Labute approximate surface area is 199 Å². The van der Waals surface area contributed by atoms with E-state index in [9.17, 15) is 9.59 Å². The van der Waals surface area contributed by atoms with Gasteiger partial charge in [0.1, 0.15) is 6.54 Å². The lowest BCUT2D eigenvalue weighted by Crippen LogP contribution is -2.25. The van der Waals surface area contributed by atoms with Crippen molar-refractivity contribution < 1.29 is 9.59 Å². The summed E-state index contributed by atoms with van der Waals surface area (Å²) in [6, 6.07) is 17.1. The maximum absolute atomic E-state index is 12.6. The average Bonchev–Trinajstić information content (AvgIpc) is 3.38. The van der Waals surface area contributed by atoms with Gasteiger partial charge in [-0.05, 0) is 30.8 Å². The Kier molecular flexibility index (Phi) is 6.76. The van der Waals surface area contributed by atoms with Crippen LogP contribution in [0.1, 0.15) is 21.7 Å². The second-order valence-corrected chi connectivity index (χ2v) is 8.59. The molecule has 0 aliphatic heterocycles. The van der Waals surface area contributed by atoms with Crippen molar-refractivity contribution in [3.63, 3.8) is 0 Å². The minimum Gasteiger partial charge on any atom is -0.345 e. The summed E-state index contributed by atoms with van der Waals surface area (Å²) in [5, 5.41) is 12.5. The molecule has 2 N–H and O–H groups in total. The Morgan fingerprint density at radius 1 is 1.09 bits per heavy atom. The lowest BCUT2D eigenvalue weighted by molar-refractivity contribution is -0.116. The molecule has 0 bridgehead atoms. The number of carbonyl (C=O) groups is 2. The molecular weight excluding hydrogens is 456 g/mol. The van der Waals surface area contributed by atoms with Gasteiger partial charge in [-0.1, -0.05) is 48.5 Å². The largest absolute Gasteiger partial charge is 0.345 e. The van der Waals surface area contributed by atoms with Crippen molar-refractivity contribution >= 4 is 40.5 Å². The second kappa shape index (κ2) is 9.88. The standard InChI is InChI=1S/C23H22N6O2S2/c1-15-8-6-7-11-17(15)21(31)24-12-19-27-29(23(32)28(19)2)13-20(30)26-22-25-18(14-33-22)16-9-4-3-5-10-16/h3-11,14H,12-13H2,1-2H3,(H,24,31)(H,25,26,30). The fourth-order valence-corrected chi connectivity index (χ4v) is 4.19. The zero-order valence-electron chi connectivity index (χ0n) is 18.1. The van der Waals surface area contributed by atoms with Gasteiger partial charge in [-0.15, -0.1) is 11.3 Å². The van der Waals surface area contributed by atoms with Crippen LogP contribution in [0.3, 0.4) is 0 Å². The summed E-state index contributed by atoms with van der Waals surface area (Å²) in [5.41, 5.74) is 3.29. The highest BCUT2D eigenvalue weighted by Gasteiger charge is 2.15. The first-order valence-corrected chi connectivity index (χ1v) is 11.5. The van der Waals surface area contributed by atoms with Gasteiger partial charge in [0.25, 0.3) is 5.91 Å². The van der Waals surface area contributed by atoms with Crippen LogP contribution in [-0.4, -0.2) is 31.1 Å². The van der Waals surface area contributed by atoms with Gasteiger partial charge in [-0.2, -0.15) is 5.10 Å². The van der Waals surface area contributed by atoms with E-state index < -0.39 is 0 Å². The van der Waals surface area contributed by atoms with Gasteiger partial charge in [0.15, 0.2) is 15.7 Å². The van der Waals surface area contributed by atoms with E-state index in [0.29, 0.717) is 21.3 Å². The highest BCUT2D eigenvalue weighted by molar-refractivity contribution is 7.71. The van der Waals surface area contributed by atoms with Crippen molar-refractivity contribution in [1.29, 1.82) is 0 Å². The zero-order valence-corrected chi connectivity index (χ0v) is 19.7. The highest BCUT2D eigenvalue weighted by Crippen LogP contribution is 2.24. The number of anilines is 1. The molecule has 0 fully saturated rings. The Morgan fingerprint density at radius 2 is 1.82 bits per heavy atom. The average molecular weight is 479 g/mol. The van der Waals surface area contributed by atoms with Crippen LogP contribution in [0.25, 0.3) is 11.3 Å². The van der Waals surface area contributed by atoms with Crippen molar-refractivity contribution in [2.45, 2.75) is 20.0 Å². The second-order valence-electron chi connectivity index (χ2n) is 7.37. The SMILES string of the molecule is Cc1ccccc1C(=O)NCc1nn(CC(=O)Nc2nc(-c3ccccc3)cs2)c(=S)n1C. The molecule has 0 aliphatic carbocycles. The summed E-state index contributed by atoms with van der Waals surface area (Å²) in [4.78, 5) is 29.5. The molecule has 2 amide bonds. The summed E-state index contributed by atoms with van der Waals surface area (Å²) in [6.07, 6.45) is 0. The predicted molar refractivity (Wildman–Crippen MR) is 131 cm³/mol. The highest BCUT2D eigenvalue weighted by atomic mass is 32.1. The van der Waals surface area contributed by atoms with Crippen LogP contribution in [0.2, 0.25) is 0 Å². The summed E-state index contributed by atoms with van der Waals surface area (Å²) in [6.45, 7) is 2.02. The number of benzene rings is 2. The van der Waals surface area contributed by atoms with Gasteiger partial charge in [0, 0.05) is 23.6 Å². The molecular formula is C23H22N6O2S2. The third-order valence-corrected chi connectivity index (χ3v) is 6.28. The van der Waals surface area contributed by atoms with Gasteiger partial charge in [0.2, 0.25) is 5.91 Å². The zero-order chi connectivity index (χ0) is 23.4. The number of rotatable bonds is 7. The molecule has 10 heteroatoms. The minimum atomic E-state index is -0.284. The number of hydrogen-bond donors (Lipinski definition) is 2. The maximum atomic E-state index is 12.6. The van der Waals surface area contributed by atoms with Crippen LogP contribution >= 0.6 is 23.6 Å². The number of aromatic nitrogens is 4. The maximum Gasteiger partial charge on any atom is 0.251 e. The minimum absolute atomic E-state index is 0.0569. The number of nitrogens with one attached hydrogen (secondary N) is 2. The summed E-state index contributed by atoms with van der Waals surface area (Å²) >= 11 is 6.77. The van der Waals surface area contributed by atoms with E-state index in [4.69, 9.17) is 12.2 Å². The number of nitrogens with zero attached hydrogens (tertiary/aromatic N) is 4. The van der Waals surface area contributed by atoms with Crippen molar-refractivity contribution in [2.75, 3.05) is 5.32 Å². The van der Waals surface area contributed by atoms with Crippen molar-refractivity contribution in [1.82, 2.24) is 24.6 Å². The normalized spacial score (nSPS) is 10.7. The fraction of sp³-hybridized carbons (Fsp3) is 0.174. The third-order valence-electron chi connectivity index (χ3n) is 5.04. The first-order chi connectivity index (χ1) is 15.9. The van der Waals surface area contributed by atoms with Crippen molar-refractivity contribution in [2.24, 2.45) is 7.05 Å². The van der Waals surface area contributed by atoms with E-state index in [-0.39, 0.29) is 24.9 Å². The van der Waals surface area contributed by atoms with Crippen molar-refractivity contribution in [3.05, 3.63) is 81.7 Å². The fourth-order valence-electron chi connectivity index (χ4n) is 3.24. The topological polar surface area (TPSA) is 93.8 Å². The van der Waals surface area contributed by atoms with Crippen LogP contribution in [0.5, 0.6) is 0 Å². The van der Waals surface area contributed by atoms with Gasteiger partial charge in [-0.25, -0.2) is 9.67 Å². The van der Waals surface area contributed by atoms with E-state index >= 15 is 0 Å². The summed E-state index contributed by atoms with van der Waals surface area (Å²) < 4.78 is 3.50. The third kappa shape index (κ3) is 5.24.